The average Bonchev–Trinajstić information content (AvgIpc) is 2.73. The van der Waals surface area contributed by atoms with Crippen LogP contribution in [-0.2, 0) is 11.3 Å². The number of nitrogens with zero attached hydrogens (tertiary/aromatic N) is 2. The predicted octanol–water partition coefficient (Wildman–Crippen LogP) is 2.96. The SMILES string of the molecule is CN(c1cc(=O)c2ccnc(-c3cccc(CO)c3)c2o1)C1CCOCC1. The summed E-state index contributed by atoms with van der Waals surface area (Å²) in [5, 5.41) is 9.92. The summed E-state index contributed by atoms with van der Waals surface area (Å²) in [6.45, 7) is 1.38. The summed E-state index contributed by atoms with van der Waals surface area (Å²) in [5.41, 5.74) is 2.56. The van der Waals surface area contributed by atoms with Gasteiger partial charge in [0.15, 0.2) is 16.9 Å². The molecule has 4 rings (SSSR count). The second kappa shape index (κ2) is 7.50. The number of ether oxygens (including phenoxy) is 1. The highest BCUT2D eigenvalue weighted by Crippen LogP contribution is 2.29. The van der Waals surface area contributed by atoms with Crippen molar-refractivity contribution in [1.29, 1.82) is 0 Å². The first-order valence-electron chi connectivity index (χ1n) is 9.11. The number of aliphatic hydroxyl groups is 1. The average molecular weight is 366 g/mol. The smallest absolute Gasteiger partial charge is 0.200 e. The van der Waals surface area contributed by atoms with Gasteiger partial charge < -0.3 is 19.2 Å². The fraction of sp³-hybridized carbons (Fsp3) is 0.333. The Morgan fingerprint density at radius 3 is 2.81 bits per heavy atom. The Labute approximate surface area is 157 Å². The number of benzene rings is 1. The fourth-order valence-electron chi connectivity index (χ4n) is 3.52. The molecule has 3 heterocycles. The summed E-state index contributed by atoms with van der Waals surface area (Å²) in [7, 11) is 1.95. The summed E-state index contributed by atoms with van der Waals surface area (Å²) in [6.07, 6.45) is 3.41. The lowest BCUT2D eigenvalue weighted by molar-refractivity contribution is 0.0848. The van der Waals surface area contributed by atoms with E-state index in [2.05, 4.69) is 4.98 Å². The van der Waals surface area contributed by atoms with E-state index in [1.807, 2.05) is 36.2 Å². The van der Waals surface area contributed by atoms with Crippen LogP contribution in [0.3, 0.4) is 0 Å². The van der Waals surface area contributed by atoms with E-state index in [9.17, 15) is 9.90 Å². The zero-order chi connectivity index (χ0) is 18.8. The molecule has 0 aliphatic carbocycles. The van der Waals surface area contributed by atoms with Crippen molar-refractivity contribution in [3.8, 4) is 11.3 Å². The summed E-state index contributed by atoms with van der Waals surface area (Å²) < 4.78 is 11.6. The lowest BCUT2D eigenvalue weighted by Crippen LogP contribution is -2.37. The molecule has 0 radical (unpaired) electrons. The van der Waals surface area contributed by atoms with Crippen LogP contribution in [0.2, 0.25) is 0 Å². The number of fused-ring (bicyclic) bond motifs is 1. The standard InChI is InChI=1S/C21H22N2O4/c1-23(16-6-9-26-10-7-16)19-12-18(25)17-5-8-22-20(21(17)27-19)15-4-2-3-14(11-15)13-24/h2-5,8,11-12,16,24H,6-7,9-10,13H2,1H3. The van der Waals surface area contributed by atoms with Crippen molar-refractivity contribution in [2.45, 2.75) is 25.5 Å². The highest BCUT2D eigenvalue weighted by Gasteiger charge is 2.22. The summed E-state index contributed by atoms with van der Waals surface area (Å²) in [6, 6.07) is 11.0. The van der Waals surface area contributed by atoms with Crippen molar-refractivity contribution in [2.75, 3.05) is 25.2 Å². The Kier molecular flexibility index (Phi) is 4.92. The van der Waals surface area contributed by atoms with Crippen LogP contribution in [-0.4, -0.2) is 36.4 Å². The Hall–Kier alpha value is -2.70. The maximum atomic E-state index is 12.7. The van der Waals surface area contributed by atoms with Gasteiger partial charge in [-0.3, -0.25) is 9.78 Å². The number of aliphatic hydroxyl groups excluding tert-OH is 1. The van der Waals surface area contributed by atoms with Crippen LogP contribution >= 0.6 is 0 Å². The first-order valence-corrected chi connectivity index (χ1v) is 9.11. The summed E-state index contributed by atoms with van der Waals surface area (Å²) in [5.74, 6) is 0.534. The molecule has 1 aliphatic heterocycles. The molecule has 1 saturated heterocycles. The maximum Gasteiger partial charge on any atom is 0.200 e. The lowest BCUT2D eigenvalue weighted by atomic mass is 10.1. The second-order valence-electron chi connectivity index (χ2n) is 6.80. The van der Waals surface area contributed by atoms with Crippen LogP contribution in [0, 0.1) is 0 Å². The highest BCUT2D eigenvalue weighted by atomic mass is 16.5. The monoisotopic (exact) mass is 366 g/mol. The van der Waals surface area contributed by atoms with E-state index in [0.29, 0.717) is 35.8 Å². The molecule has 6 nitrogen and oxygen atoms in total. The van der Waals surface area contributed by atoms with Crippen molar-refractivity contribution < 1.29 is 14.3 Å². The van der Waals surface area contributed by atoms with Crippen LogP contribution in [0.1, 0.15) is 18.4 Å². The van der Waals surface area contributed by atoms with Crippen LogP contribution in [0.25, 0.3) is 22.2 Å². The molecule has 0 amide bonds. The van der Waals surface area contributed by atoms with Crippen molar-refractivity contribution >= 4 is 16.9 Å². The zero-order valence-corrected chi connectivity index (χ0v) is 15.2. The molecule has 0 atom stereocenters. The molecule has 140 valence electrons. The van der Waals surface area contributed by atoms with Crippen LogP contribution in [0.5, 0.6) is 0 Å². The third kappa shape index (κ3) is 3.46. The van der Waals surface area contributed by atoms with Gasteiger partial charge in [-0.1, -0.05) is 18.2 Å². The Balaban J connectivity index is 1.83. The minimum absolute atomic E-state index is 0.0553. The highest BCUT2D eigenvalue weighted by molar-refractivity contribution is 5.90. The Morgan fingerprint density at radius 2 is 2.04 bits per heavy atom. The van der Waals surface area contributed by atoms with Gasteiger partial charge in [0.1, 0.15) is 5.69 Å². The van der Waals surface area contributed by atoms with Crippen molar-refractivity contribution in [3.05, 3.63) is 58.4 Å². The van der Waals surface area contributed by atoms with E-state index >= 15 is 0 Å². The summed E-state index contributed by atoms with van der Waals surface area (Å²) >= 11 is 0. The Bertz CT molecular complexity index is 1010. The van der Waals surface area contributed by atoms with Crippen LogP contribution in [0.15, 0.2) is 51.8 Å². The number of hydrogen-bond donors (Lipinski definition) is 1. The molecular weight excluding hydrogens is 344 g/mol. The van der Waals surface area contributed by atoms with E-state index in [4.69, 9.17) is 9.15 Å². The minimum Gasteiger partial charge on any atom is -0.438 e. The van der Waals surface area contributed by atoms with Gasteiger partial charge in [0, 0.05) is 44.1 Å². The van der Waals surface area contributed by atoms with Crippen molar-refractivity contribution in [2.24, 2.45) is 0 Å². The zero-order valence-electron chi connectivity index (χ0n) is 15.2. The molecule has 0 saturated carbocycles. The molecule has 1 aromatic carbocycles. The third-order valence-corrected chi connectivity index (χ3v) is 5.10. The van der Waals surface area contributed by atoms with Crippen LogP contribution < -0.4 is 10.3 Å². The number of anilines is 1. The van der Waals surface area contributed by atoms with Crippen molar-refractivity contribution in [1.82, 2.24) is 4.98 Å². The van der Waals surface area contributed by atoms with Gasteiger partial charge in [0.05, 0.1) is 12.0 Å². The molecule has 1 fully saturated rings. The molecule has 0 spiro atoms. The van der Waals surface area contributed by atoms with Gasteiger partial charge >= 0.3 is 0 Å². The normalized spacial score (nSPS) is 15.2. The maximum absolute atomic E-state index is 12.7. The first-order chi connectivity index (χ1) is 13.2. The fourth-order valence-corrected chi connectivity index (χ4v) is 3.52. The lowest BCUT2D eigenvalue weighted by Gasteiger charge is -2.31. The summed E-state index contributed by atoms with van der Waals surface area (Å²) in [4.78, 5) is 19.2. The van der Waals surface area contributed by atoms with Crippen molar-refractivity contribution in [3.63, 3.8) is 0 Å². The quantitative estimate of drug-likeness (QED) is 0.765. The second-order valence-corrected chi connectivity index (χ2v) is 6.80. The van der Waals surface area contributed by atoms with Gasteiger partial charge in [0.2, 0.25) is 0 Å². The molecule has 27 heavy (non-hydrogen) atoms. The van der Waals surface area contributed by atoms with Gasteiger partial charge in [-0.05, 0) is 30.5 Å². The van der Waals surface area contributed by atoms with E-state index in [1.165, 1.54) is 0 Å². The molecule has 6 heteroatoms. The molecule has 0 bridgehead atoms. The Morgan fingerprint density at radius 1 is 1.22 bits per heavy atom. The van der Waals surface area contributed by atoms with E-state index in [1.54, 1.807) is 18.3 Å². The molecule has 2 aromatic heterocycles. The predicted molar refractivity (Wildman–Crippen MR) is 104 cm³/mol. The first kappa shape index (κ1) is 17.7. The van der Waals surface area contributed by atoms with E-state index in [-0.39, 0.29) is 18.1 Å². The number of rotatable bonds is 4. The van der Waals surface area contributed by atoms with Gasteiger partial charge in [-0.25, -0.2) is 0 Å². The topological polar surface area (TPSA) is 75.8 Å². The largest absolute Gasteiger partial charge is 0.438 e. The minimum atomic E-state index is -0.0906. The molecular formula is C21H22N2O4. The van der Waals surface area contributed by atoms with Gasteiger partial charge in [-0.2, -0.15) is 0 Å². The molecule has 1 N–H and O–H groups in total. The van der Waals surface area contributed by atoms with Crippen LogP contribution in [0.4, 0.5) is 5.88 Å². The molecule has 0 unspecified atom stereocenters. The van der Waals surface area contributed by atoms with E-state index < -0.39 is 0 Å². The number of hydrogen-bond acceptors (Lipinski definition) is 6. The third-order valence-electron chi connectivity index (χ3n) is 5.10. The van der Waals surface area contributed by atoms with E-state index in [0.717, 1.165) is 24.0 Å². The molecule has 3 aromatic rings. The number of pyridine rings is 1. The van der Waals surface area contributed by atoms with Gasteiger partial charge in [-0.15, -0.1) is 0 Å². The van der Waals surface area contributed by atoms with Gasteiger partial charge in [0.25, 0.3) is 0 Å². The number of aromatic nitrogens is 1. The molecule has 1 aliphatic rings.